The summed E-state index contributed by atoms with van der Waals surface area (Å²) >= 11 is 0. The molecule has 4 rings (SSSR count). The van der Waals surface area contributed by atoms with Gasteiger partial charge in [0.05, 0.1) is 0 Å². The number of carbonyl (C=O) groups excluding carboxylic acids is 1. The highest BCUT2D eigenvalue weighted by molar-refractivity contribution is 5.92. The molecule has 1 N–H and O–H groups in total. The Morgan fingerprint density at radius 1 is 0.939 bits per heavy atom. The SMILES string of the molecule is CC(=O)N1CCCCCCCN(Cc2ccncc2)Cc2cc(Nc3ccccn3)ccc21. The minimum absolute atomic E-state index is 0.0967. The molecular weight excluding hydrogens is 410 g/mol. The second-order valence-corrected chi connectivity index (χ2v) is 8.69. The molecule has 0 atom stereocenters. The summed E-state index contributed by atoms with van der Waals surface area (Å²) in [6, 6.07) is 16.3. The Hall–Kier alpha value is -3.25. The zero-order valence-corrected chi connectivity index (χ0v) is 19.4. The molecule has 0 bridgehead atoms. The summed E-state index contributed by atoms with van der Waals surface area (Å²) in [4.78, 5) is 25.6. The molecule has 6 heteroatoms. The van der Waals surface area contributed by atoms with E-state index in [1.165, 1.54) is 24.8 Å². The maximum absolute atomic E-state index is 12.6. The van der Waals surface area contributed by atoms with Crippen LogP contribution in [0.25, 0.3) is 0 Å². The lowest BCUT2D eigenvalue weighted by Gasteiger charge is -2.29. The van der Waals surface area contributed by atoms with Gasteiger partial charge in [0, 0.05) is 56.5 Å². The van der Waals surface area contributed by atoms with Gasteiger partial charge in [-0.1, -0.05) is 25.3 Å². The number of carbonyl (C=O) groups is 1. The molecule has 0 spiro atoms. The second kappa shape index (κ2) is 11.6. The molecule has 1 aromatic carbocycles. The van der Waals surface area contributed by atoms with Crippen LogP contribution in [0.15, 0.2) is 67.1 Å². The minimum atomic E-state index is 0.0967. The van der Waals surface area contributed by atoms with Crippen LogP contribution < -0.4 is 10.2 Å². The van der Waals surface area contributed by atoms with E-state index in [1.807, 2.05) is 41.6 Å². The standard InChI is InChI=1S/C27H33N5O/c1-22(33)32-18-8-4-2-3-7-17-31(20-23-12-15-28-16-13-23)21-24-19-25(10-11-26(24)32)30-27-9-5-6-14-29-27/h5-6,9-16,19H,2-4,7-8,17-18,20-21H2,1H3,(H,29,30). The summed E-state index contributed by atoms with van der Waals surface area (Å²) in [5.41, 5.74) is 4.40. The number of anilines is 3. The average molecular weight is 444 g/mol. The van der Waals surface area contributed by atoms with Crippen LogP contribution >= 0.6 is 0 Å². The van der Waals surface area contributed by atoms with Crippen LogP contribution in [0.3, 0.4) is 0 Å². The molecule has 33 heavy (non-hydrogen) atoms. The molecule has 0 saturated carbocycles. The number of pyridine rings is 2. The Bertz CT molecular complexity index is 1030. The molecule has 2 aromatic heterocycles. The number of rotatable bonds is 4. The molecule has 6 nitrogen and oxygen atoms in total. The van der Waals surface area contributed by atoms with E-state index in [9.17, 15) is 4.79 Å². The van der Waals surface area contributed by atoms with Crippen molar-refractivity contribution in [3.05, 3.63) is 78.2 Å². The molecule has 1 aliphatic rings. The van der Waals surface area contributed by atoms with Gasteiger partial charge in [-0.25, -0.2) is 4.98 Å². The molecule has 0 aliphatic carbocycles. The average Bonchev–Trinajstić information content (AvgIpc) is 2.82. The summed E-state index contributed by atoms with van der Waals surface area (Å²) in [5.74, 6) is 0.905. The first kappa shape index (κ1) is 22.9. The number of aromatic nitrogens is 2. The fourth-order valence-corrected chi connectivity index (χ4v) is 4.42. The number of fused-ring (bicyclic) bond motifs is 1. The highest BCUT2D eigenvalue weighted by Gasteiger charge is 2.19. The third-order valence-corrected chi connectivity index (χ3v) is 6.09. The first-order valence-corrected chi connectivity index (χ1v) is 11.9. The van der Waals surface area contributed by atoms with Gasteiger partial charge in [0.15, 0.2) is 0 Å². The topological polar surface area (TPSA) is 61.4 Å². The normalized spacial score (nSPS) is 15.7. The van der Waals surface area contributed by atoms with Gasteiger partial charge in [-0.05, 0) is 73.0 Å². The van der Waals surface area contributed by atoms with E-state index in [1.54, 1.807) is 13.1 Å². The number of hydrogen-bond donors (Lipinski definition) is 1. The van der Waals surface area contributed by atoms with Crippen molar-refractivity contribution in [1.29, 1.82) is 0 Å². The molecule has 0 unspecified atom stereocenters. The lowest BCUT2D eigenvalue weighted by molar-refractivity contribution is -0.116. The van der Waals surface area contributed by atoms with Crippen LogP contribution in [-0.2, 0) is 17.9 Å². The summed E-state index contributed by atoms with van der Waals surface area (Å²) in [6.45, 7) is 5.10. The summed E-state index contributed by atoms with van der Waals surface area (Å²) in [5, 5.41) is 3.41. The van der Waals surface area contributed by atoms with Gasteiger partial charge in [-0.15, -0.1) is 0 Å². The molecule has 3 heterocycles. The predicted octanol–water partition coefficient (Wildman–Crippen LogP) is 5.54. The highest BCUT2D eigenvalue weighted by atomic mass is 16.2. The van der Waals surface area contributed by atoms with Crippen LogP contribution in [0.1, 0.15) is 50.2 Å². The number of benzene rings is 1. The lowest BCUT2D eigenvalue weighted by atomic mass is 10.1. The number of nitrogens with one attached hydrogen (secondary N) is 1. The molecule has 0 radical (unpaired) electrons. The number of amides is 1. The molecule has 0 fully saturated rings. The summed E-state index contributed by atoms with van der Waals surface area (Å²) in [7, 11) is 0. The van der Waals surface area contributed by atoms with E-state index < -0.39 is 0 Å². The third kappa shape index (κ3) is 6.62. The Kier molecular flexibility index (Phi) is 8.04. The summed E-state index contributed by atoms with van der Waals surface area (Å²) < 4.78 is 0. The van der Waals surface area contributed by atoms with Crippen LogP contribution in [0.2, 0.25) is 0 Å². The first-order chi connectivity index (χ1) is 16.2. The maximum atomic E-state index is 12.6. The van der Waals surface area contributed by atoms with Crippen molar-refractivity contribution in [1.82, 2.24) is 14.9 Å². The zero-order valence-electron chi connectivity index (χ0n) is 19.4. The summed E-state index contributed by atoms with van der Waals surface area (Å²) in [6.07, 6.45) is 11.3. The van der Waals surface area contributed by atoms with E-state index in [4.69, 9.17) is 0 Å². The van der Waals surface area contributed by atoms with Gasteiger partial charge in [0.1, 0.15) is 5.82 Å². The molecule has 0 saturated heterocycles. The van der Waals surface area contributed by atoms with Gasteiger partial charge >= 0.3 is 0 Å². The third-order valence-electron chi connectivity index (χ3n) is 6.09. The Balaban J connectivity index is 1.67. The smallest absolute Gasteiger partial charge is 0.223 e. The van der Waals surface area contributed by atoms with Gasteiger partial charge < -0.3 is 10.2 Å². The van der Waals surface area contributed by atoms with Crippen LogP contribution in [-0.4, -0.2) is 33.9 Å². The van der Waals surface area contributed by atoms with Gasteiger partial charge in [0.25, 0.3) is 0 Å². The van der Waals surface area contributed by atoms with Crippen molar-refractivity contribution in [2.45, 2.75) is 52.1 Å². The van der Waals surface area contributed by atoms with Gasteiger partial charge in [-0.3, -0.25) is 14.7 Å². The quantitative estimate of drug-likeness (QED) is 0.574. The number of nitrogens with zero attached hydrogens (tertiary/aromatic N) is 4. The molecular formula is C27H33N5O. The molecule has 1 aliphatic heterocycles. The lowest BCUT2D eigenvalue weighted by Crippen LogP contribution is -2.32. The van der Waals surface area contributed by atoms with E-state index in [0.717, 1.165) is 61.8 Å². The van der Waals surface area contributed by atoms with Crippen molar-refractivity contribution in [2.24, 2.45) is 0 Å². The Labute approximate surface area is 196 Å². The first-order valence-electron chi connectivity index (χ1n) is 11.9. The zero-order chi connectivity index (χ0) is 22.9. The van der Waals surface area contributed by atoms with E-state index >= 15 is 0 Å². The van der Waals surface area contributed by atoms with Crippen LogP contribution in [0.4, 0.5) is 17.2 Å². The van der Waals surface area contributed by atoms with E-state index in [0.29, 0.717) is 0 Å². The number of hydrogen-bond acceptors (Lipinski definition) is 5. The van der Waals surface area contributed by atoms with Gasteiger partial charge in [0.2, 0.25) is 5.91 Å². The highest BCUT2D eigenvalue weighted by Crippen LogP contribution is 2.29. The fraction of sp³-hybridized carbons (Fsp3) is 0.370. The van der Waals surface area contributed by atoms with Crippen LogP contribution in [0.5, 0.6) is 0 Å². The van der Waals surface area contributed by atoms with E-state index in [2.05, 4.69) is 44.5 Å². The van der Waals surface area contributed by atoms with E-state index in [-0.39, 0.29) is 5.91 Å². The van der Waals surface area contributed by atoms with Crippen molar-refractivity contribution >= 4 is 23.1 Å². The Morgan fingerprint density at radius 2 is 1.73 bits per heavy atom. The van der Waals surface area contributed by atoms with Crippen molar-refractivity contribution in [3.63, 3.8) is 0 Å². The fourth-order valence-electron chi connectivity index (χ4n) is 4.42. The maximum Gasteiger partial charge on any atom is 0.223 e. The second-order valence-electron chi connectivity index (χ2n) is 8.69. The molecule has 3 aromatic rings. The van der Waals surface area contributed by atoms with Crippen molar-refractivity contribution in [2.75, 3.05) is 23.3 Å². The largest absolute Gasteiger partial charge is 0.340 e. The monoisotopic (exact) mass is 443 g/mol. The van der Waals surface area contributed by atoms with Gasteiger partial charge in [-0.2, -0.15) is 0 Å². The van der Waals surface area contributed by atoms with Crippen LogP contribution in [0, 0.1) is 0 Å². The molecule has 172 valence electrons. The Morgan fingerprint density at radius 3 is 2.48 bits per heavy atom. The molecule has 1 amide bonds. The minimum Gasteiger partial charge on any atom is -0.340 e. The van der Waals surface area contributed by atoms with Crippen molar-refractivity contribution in [3.8, 4) is 0 Å². The van der Waals surface area contributed by atoms with Crippen molar-refractivity contribution < 1.29 is 4.79 Å². The predicted molar refractivity (Wildman–Crippen MR) is 133 cm³/mol.